The van der Waals surface area contributed by atoms with E-state index in [0.29, 0.717) is 19.5 Å². The van der Waals surface area contributed by atoms with Gasteiger partial charge >= 0.3 is 0 Å². The molecule has 0 aromatic heterocycles. The summed E-state index contributed by atoms with van der Waals surface area (Å²) in [6, 6.07) is 0. The SMILES string of the molecule is CCCC1(O)CN(C(=O)CCC2CCCCO2)C1. The minimum absolute atomic E-state index is 0.171. The molecule has 1 N–H and O–H groups in total. The van der Waals surface area contributed by atoms with Gasteiger partial charge in [-0.05, 0) is 32.1 Å². The van der Waals surface area contributed by atoms with Gasteiger partial charge in [0.25, 0.3) is 0 Å². The summed E-state index contributed by atoms with van der Waals surface area (Å²) in [5.74, 6) is 0.171. The molecule has 4 nitrogen and oxygen atoms in total. The van der Waals surface area contributed by atoms with E-state index in [1.165, 1.54) is 6.42 Å². The van der Waals surface area contributed by atoms with Crippen LogP contribution in [0.1, 0.15) is 51.9 Å². The maximum absolute atomic E-state index is 11.9. The third-order valence-corrected chi connectivity index (χ3v) is 3.99. The van der Waals surface area contributed by atoms with E-state index in [1.54, 1.807) is 4.90 Å². The van der Waals surface area contributed by atoms with Crippen LogP contribution in [0.2, 0.25) is 0 Å². The van der Waals surface area contributed by atoms with Crippen molar-refractivity contribution < 1.29 is 14.6 Å². The highest BCUT2D eigenvalue weighted by Crippen LogP contribution is 2.27. The molecular formula is C14H25NO3. The molecule has 2 fully saturated rings. The number of carbonyl (C=O) groups excluding carboxylic acids is 1. The van der Waals surface area contributed by atoms with Gasteiger partial charge in [-0.2, -0.15) is 0 Å². The Morgan fingerprint density at radius 3 is 2.83 bits per heavy atom. The Labute approximate surface area is 109 Å². The van der Waals surface area contributed by atoms with Gasteiger partial charge in [0.1, 0.15) is 0 Å². The van der Waals surface area contributed by atoms with Crippen LogP contribution >= 0.6 is 0 Å². The van der Waals surface area contributed by atoms with E-state index in [0.717, 1.165) is 38.7 Å². The maximum Gasteiger partial charge on any atom is 0.222 e. The molecule has 0 aliphatic carbocycles. The van der Waals surface area contributed by atoms with Crippen molar-refractivity contribution in [2.45, 2.75) is 63.6 Å². The molecule has 0 saturated carbocycles. The smallest absolute Gasteiger partial charge is 0.222 e. The zero-order chi connectivity index (χ0) is 13.0. The number of hydrogen-bond donors (Lipinski definition) is 1. The minimum Gasteiger partial charge on any atom is -0.386 e. The lowest BCUT2D eigenvalue weighted by Gasteiger charge is -2.46. The molecule has 0 aromatic carbocycles. The second-order valence-electron chi connectivity index (χ2n) is 5.75. The number of rotatable bonds is 5. The summed E-state index contributed by atoms with van der Waals surface area (Å²) >= 11 is 0. The van der Waals surface area contributed by atoms with Crippen LogP contribution in [-0.2, 0) is 9.53 Å². The molecule has 104 valence electrons. The van der Waals surface area contributed by atoms with Gasteiger partial charge in [-0.25, -0.2) is 0 Å². The Kier molecular flexibility index (Phi) is 4.62. The first-order valence-corrected chi connectivity index (χ1v) is 7.25. The Bertz CT molecular complexity index is 281. The molecular weight excluding hydrogens is 230 g/mol. The molecule has 18 heavy (non-hydrogen) atoms. The first-order valence-electron chi connectivity index (χ1n) is 7.25. The first-order chi connectivity index (χ1) is 8.63. The van der Waals surface area contributed by atoms with E-state index in [-0.39, 0.29) is 12.0 Å². The minimum atomic E-state index is -0.605. The van der Waals surface area contributed by atoms with Gasteiger partial charge in [0.05, 0.1) is 24.8 Å². The highest BCUT2D eigenvalue weighted by Gasteiger charge is 2.42. The fourth-order valence-electron chi connectivity index (χ4n) is 2.94. The number of nitrogens with zero attached hydrogens (tertiary/aromatic N) is 1. The van der Waals surface area contributed by atoms with Crippen LogP contribution in [0.15, 0.2) is 0 Å². The van der Waals surface area contributed by atoms with Gasteiger partial charge in [0, 0.05) is 13.0 Å². The molecule has 4 heteroatoms. The molecule has 0 aromatic rings. The molecule has 0 radical (unpaired) electrons. The van der Waals surface area contributed by atoms with Gasteiger partial charge in [-0.3, -0.25) is 4.79 Å². The predicted molar refractivity (Wildman–Crippen MR) is 69.3 cm³/mol. The van der Waals surface area contributed by atoms with Crippen molar-refractivity contribution >= 4 is 5.91 Å². The average molecular weight is 255 g/mol. The third kappa shape index (κ3) is 3.45. The number of amides is 1. The predicted octanol–water partition coefficient (Wildman–Crippen LogP) is 1.71. The normalized spacial score (nSPS) is 26.8. The Morgan fingerprint density at radius 2 is 2.22 bits per heavy atom. The zero-order valence-corrected chi connectivity index (χ0v) is 11.4. The fraction of sp³-hybridized carbons (Fsp3) is 0.929. The molecule has 1 amide bonds. The molecule has 2 rings (SSSR count). The van der Waals surface area contributed by atoms with Gasteiger partial charge in [0.2, 0.25) is 5.91 Å². The first kappa shape index (κ1) is 13.8. The van der Waals surface area contributed by atoms with Crippen molar-refractivity contribution in [1.82, 2.24) is 4.90 Å². The van der Waals surface area contributed by atoms with E-state index in [2.05, 4.69) is 6.92 Å². The fourth-order valence-corrected chi connectivity index (χ4v) is 2.94. The average Bonchev–Trinajstić information content (AvgIpc) is 2.34. The summed E-state index contributed by atoms with van der Waals surface area (Å²) < 4.78 is 5.62. The molecule has 2 heterocycles. The van der Waals surface area contributed by atoms with Gasteiger partial charge < -0.3 is 14.7 Å². The van der Waals surface area contributed by atoms with E-state index in [4.69, 9.17) is 4.74 Å². The Morgan fingerprint density at radius 1 is 1.44 bits per heavy atom. The van der Waals surface area contributed by atoms with E-state index < -0.39 is 5.60 Å². The summed E-state index contributed by atoms with van der Waals surface area (Å²) in [7, 11) is 0. The zero-order valence-electron chi connectivity index (χ0n) is 11.4. The van der Waals surface area contributed by atoms with Crippen LogP contribution < -0.4 is 0 Å². The molecule has 2 saturated heterocycles. The quantitative estimate of drug-likeness (QED) is 0.813. The standard InChI is InChI=1S/C14H25NO3/c1-2-8-14(17)10-15(11-14)13(16)7-6-12-5-3-4-9-18-12/h12,17H,2-11H2,1H3. The lowest BCUT2D eigenvalue weighted by molar-refractivity contribution is -0.157. The van der Waals surface area contributed by atoms with Gasteiger partial charge in [-0.1, -0.05) is 13.3 Å². The number of likely N-dealkylation sites (tertiary alicyclic amines) is 1. The van der Waals surface area contributed by atoms with Crippen LogP contribution in [0.5, 0.6) is 0 Å². The number of hydrogen-bond acceptors (Lipinski definition) is 3. The lowest BCUT2D eigenvalue weighted by Crippen LogP contribution is -2.63. The largest absolute Gasteiger partial charge is 0.386 e. The van der Waals surface area contributed by atoms with Crippen LogP contribution in [0.3, 0.4) is 0 Å². The van der Waals surface area contributed by atoms with Crippen LogP contribution in [0, 0.1) is 0 Å². The Balaban J connectivity index is 1.64. The summed E-state index contributed by atoms with van der Waals surface area (Å²) in [4.78, 5) is 13.7. The number of β-amino-alcohol motifs (C(OH)–C–C–N with tert-alkyl or cyclic N) is 1. The van der Waals surface area contributed by atoms with Crippen LogP contribution in [-0.4, -0.2) is 47.3 Å². The molecule has 1 unspecified atom stereocenters. The summed E-state index contributed by atoms with van der Waals surface area (Å²) in [5.41, 5.74) is -0.605. The summed E-state index contributed by atoms with van der Waals surface area (Å²) in [6.07, 6.45) is 6.90. The summed E-state index contributed by atoms with van der Waals surface area (Å²) in [6.45, 7) is 3.94. The summed E-state index contributed by atoms with van der Waals surface area (Å²) in [5, 5.41) is 10.0. The van der Waals surface area contributed by atoms with Gasteiger partial charge in [0.15, 0.2) is 0 Å². The third-order valence-electron chi connectivity index (χ3n) is 3.99. The lowest BCUT2D eigenvalue weighted by atomic mass is 9.89. The second-order valence-corrected chi connectivity index (χ2v) is 5.75. The van der Waals surface area contributed by atoms with Crippen molar-refractivity contribution in [3.05, 3.63) is 0 Å². The number of carbonyl (C=O) groups is 1. The van der Waals surface area contributed by atoms with Crippen LogP contribution in [0.4, 0.5) is 0 Å². The molecule has 1 atom stereocenters. The Hall–Kier alpha value is -0.610. The molecule has 0 spiro atoms. The van der Waals surface area contributed by atoms with Crippen molar-refractivity contribution in [3.63, 3.8) is 0 Å². The van der Waals surface area contributed by atoms with Gasteiger partial charge in [-0.15, -0.1) is 0 Å². The monoisotopic (exact) mass is 255 g/mol. The molecule has 2 aliphatic heterocycles. The van der Waals surface area contributed by atoms with Crippen molar-refractivity contribution in [2.24, 2.45) is 0 Å². The van der Waals surface area contributed by atoms with E-state index in [9.17, 15) is 9.90 Å². The topological polar surface area (TPSA) is 49.8 Å². The van der Waals surface area contributed by atoms with E-state index >= 15 is 0 Å². The maximum atomic E-state index is 11.9. The van der Waals surface area contributed by atoms with E-state index in [1.807, 2.05) is 0 Å². The highest BCUT2D eigenvalue weighted by atomic mass is 16.5. The van der Waals surface area contributed by atoms with Crippen LogP contribution in [0.25, 0.3) is 0 Å². The molecule has 0 bridgehead atoms. The highest BCUT2D eigenvalue weighted by molar-refractivity contribution is 5.77. The van der Waals surface area contributed by atoms with Crippen molar-refractivity contribution in [2.75, 3.05) is 19.7 Å². The second kappa shape index (κ2) is 6.02. The number of aliphatic hydroxyl groups is 1. The van der Waals surface area contributed by atoms with Crippen molar-refractivity contribution in [3.8, 4) is 0 Å². The molecule has 2 aliphatic rings. The van der Waals surface area contributed by atoms with Crippen molar-refractivity contribution in [1.29, 1.82) is 0 Å². The number of ether oxygens (including phenoxy) is 1.